The molecule has 0 radical (unpaired) electrons. The Labute approximate surface area is 161 Å². The van der Waals surface area contributed by atoms with Crippen LogP contribution >= 0.6 is 11.3 Å². The first kappa shape index (κ1) is 17.5. The maximum Gasteiger partial charge on any atom is 0.323 e. The molecule has 4 aromatic rings. The van der Waals surface area contributed by atoms with Gasteiger partial charge in [0.2, 0.25) is 0 Å². The largest absolute Gasteiger partial charge is 0.468 e. The second-order valence-electron chi connectivity index (χ2n) is 6.24. The highest BCUT2D eigenvalue weighted by Gasteiger charge is 2.21. The number of methoxy groups -OCH3 is 1. The number of aromatic nitrogens is 2. The van der Waals surface area contributed by atoms with Crippen molar-refractivity contribution >= 4 is 22.3 Å². The second kappa shape index (κ2) is 7.34. The summed E-state index contributed by atoms with van der Waals surface area (Å²) in [6, 6.07) is 17.8. The lowest BCUT2D eigenvalue weighted by atomic mass is 10.0. The Morgan fingerprint density at radius 1 is 1.11 bits per heavy atom. The Hall–Kier alpha value is -2.96. The summed E-state index contributed by atoms with van der Waals surface area (Å²) in [5, 5.41) is 1.97. The zero-order valence-electron chi connectivity index (χ0n) is 14.8. The molecule has 1 unspecified atom stereocenters. The Bertz CT molecular complexity index is 1070. The first-order valence-electron chi connectivity index (χ1n) is 8.61. The van der Waals surface area contributed by atoms with Gasteiger partial charge in [-0.1, -0.05) is 54.6 Å². The van der Waals surface area contributed by atoms with Crippen molar-refractivity contribution in [1.82, 2.24) is 9.38 Å². The van der Waals surface area contributed by atoms with Crippen LogP contribution in [0.4, 0.5) is 0 Å². The molecule has 27 heavy (non-hydrogen) atoms. The van der Waals surface area contributed by atoms with Crippen LogP contribution in [-0.2, 0) is 16.0 Å². The van der Waals surface area contributed by atoms with Gasteiger partial charge in [-0.3, -0.25) is 9.20 Å². The number of nitrogens with two attached hydrogens (primary N) is 1. The van der Waals surface area contributed by atoms with Gasteiger partial charge >= 0.3 is 5.97 Å². The molecule has 2 N–H and O–H groups in total. The molecule has 0 saturated heterocycles. The summed E-state index contributed by atoms with van der Waals surface area (Å²) in [4.78, 5) is 17.4. The number of carbonyl (C=O) groups is 1. The molecule has 2 heterocycles. The SMILES string of the molecule is COC(=O)C(N)Cc1c(-c2ccc(-c3ccccc3)cc2)nc2sccn12. The van der Waals surface area contributed by atoms with E-state index in [4.69, 9.17) is 15.5 Å². The number of ether oxygens (including phenoxy) is 1. The van der Waals surface area contributed by atoms with Gasteiger partial charge in [-0.05, 0) is 11.1 Å². The number of hydrogen-bond donors (Lipinski definition) is 1. The molecule has 0 bridgehead atoms. The number of imidazole rings is 1. The van der Waals surface area contributed by atoms with Crippen LogP contribution in [0.3, 0.4) is 0 Å². The van der Waals surface area contributed by atoms with Crippen molar-refractivity contribution in [2.45, 2.75) is 12.5 Å². The summed E-state index contributed by atoms with van der Waals surface area (Å²) in [6.07, 6.45) is 2.31. The van der Waals surface area contributed by atoms with Crippen molar-refractivity contribution in [2.24, 2.45) is 5.73 Å². The molecule has 1 atom stereocenters. The van der Waals surface area contributed by atoms with Crippen LogP contribution in [0, 0.1) is 0 Å². The summed E-state index contributed by atoms with van der Waals surface area (Å²) >= 11 is 1.55. The molecule has 0 spiro atoms. The number of fused-ring (bicyclic) bond motifs is 1. The van der Waals surface area contributed by atoms with Crippen LogP contribution in [0.25, 0.3) is 27.3 Å². The van der Waals surface area contributed by atoms with E-state index in [2.05, 4.69) is 36.4 Å². The van der Waals surface area contributed by atoms with Crippen LogP contribution in [0.5, 0.6) is 0 Å². The first-order chi connectivity index (χ1) is 13.2. The van der Waals surface area contributed by atoms with E-state index < -0.39 is 12.0 Å². The minimum absolute atomic E-state index is 0.361. The number of carbonyl (C=O) groups excluding carboxylic acids is 1. The number of hydrogen-bond acceptors (Lipinski definition) is 5. The Balaban J connectivity index is 1.72. The minimum atomic E-state index is -0.725. The highest BCUT2D eigenvalue weighted by molar-refractivity contribution is 7.15. The molecule has 0 fully saturated rings. The van der Waals surface area contributed by atoms with Gasteiger partial charge in [0.25, 0.3) is 0 Å². The van der Waals surface area contributed by atoms with Gasteiger partial charge < -0.3 is 10.5 Å². The van der Waals surface area contributed by atoms with Crippen LogP contribution < -0.4 is 5.73 Å². The highest BCUT2D eigenvalue weighted by Crippen LogP contribution is 2.29. The number of benzene rings is 2. The number of esters is 1. The third kappa shape index (κ3) is 3.37. The predicted molar refractivity (Wildman–Crippen MR) is 108 cm³/mol. The van der Waals surface area contributed by atoms with Crippen molar-refractivity contribution in [1.29, 1.82) is 0 Å². The fourth-order valence-corrected chi connectivity index (χ4v) is 3.89. The van der Waals surface area contributed by atoms with E-state index in [0.717, 1.165) is 27.5 Å². The van der Waals surface area contributed by atoms with Crippen LogP contribution in [0.2, 0.25) is 0 Å². The lowest BCUT2D eigenvalue weighted by Crippen LogP contribution is -2.34. The summed E-state index contributed by atoms with van der Waals surface area (Å²) in [7, 11) is 1.35. The van der Waals surface area contributed by atoms with Gasteiger partial charge in [-0.2, -0.15) is 0 Å². The number of rotatable bonds is 5. The zero-order chi connectivity index (χ0) is 18.8. The quantitative estimate of drug-likeness (QED) is 0.538. The first-order valence-corrected chi connectivity index (χ1v) is 9.49. The van der Waals surface area contributed by atoms with Crippen LogP contribution in [0.1, 0.15) is 5.69 Å². The summed E-state index contributed by atoms with van der Waals surface area (Å²) in [5.41, 5.74) is 11.1. The molecular weight excluding hydrogens is 358 g/mol. The average Bonchev–Trinajstić information content (AvgIpc) is 3.31. The summed E-state index contributed by atoms with van der Waals surface area (Å²) in [6.45, 7) is 0. The molecule has 0 aliphatic heterocycles. The maximum atomic E-state index is 11.8. The van der Waals surface area contributed by atoms with E-state index in [1.54, 1.807) is 11.3 Å². The summed E-state index contributed by atoms with van der Waals surface area (Å²) < 4.78 is 6.77. The van der Waals surface area contributed by atoms with Gasteiger partial charge in [-0.25, -0.2) is 4.98 Å². The second-order valence-corrected chi connectivity index (χ2v) is 7.11. The number of thiazole rings is 1. The molecule has 6 heteroatoms. The van der Waals surface area contributed by atoms with E-state index in [1.165, 1.54) is 12.7 Å². The molecule has 0 aliphatic carbocycles. The maximum absolute atomic E-state index is 11.8. The Morgan fingerprint density at radius 3 is 2.48 bits per heavy atom. The lowest BCUT2D eigenvalue weighted by Gasteiger charge is -2.10. The van der Waals surface area contributed by atoms with Crippen molar-refractivity contribution in [3.05, 3.63) is 71.9 Å². The molecule has 0 saturated carbocycles. The van der Waals surface area contributed by atoms with Crippen molar-refractivity contribution in [2.75, 3.05) is 7.11 Å². The third-order valence-corrected chi connectivity index (χ3v) is 5.30. The van der Waals surface area contributed by atoms with E-state index in [9.17, 15) is 4.79 Å². The van der Waals surface area contributed by atoms with Crippen LogP contribution in [-0.4, -0.2) is 28.5 Å². The smallest absolute Gasteiger partial charge is 0.323 e. The van der Waals surface area contributed by atoms with Gasteiger partial charge in [0, 0.05) is 23.6 Å². The lowest BCUT2D eigenvalue weighted by molar-refractivity contribution is -0.142. The molecule has 2 aromatic carbocycles. The van der Waals surface area contributed by atoms with Gasteiger partial charge in [0.05, 0.1) is 18.5 Å². The molecule has 4 rings (SSSR count). The fraction of sp³-hybridized carbons (Fsp3) is 0.143. The van der Waals surface area contributed by atoms with Crippen molar-refractivity contribution in [3.8, 4) is 22.4 Å². The number of nitrogens with zero attached hydrogens (tertiary/aromatic N) is 2. The molecular formula is C21H19N3O2S. The Morgan fingerprint density at radius 2 is 1.78 bits per heavy atom. The Kier molecular flexibility index (Phi) is 4.75. The van der Waals surface area contributed by atoms with Crippen molar-refractivity contribution in [3.63, 3.8) is 0 Å². The minimum Gasteiger partial charge on any atom is -0.468 e. The highest BCUT2D eigenvalue weighted by atomic mass is 32.1. The average molecular weight is 377 g/mol. The molecule has 136 valence electrons. The molecule has 0 amide bonds. The molecule has 0 aliphatic rings. The third-order valence-electron chi connectivity index (χ3n) is 4.54. The van der Waals surface area contributed by atoms with E-state index in [-0.39, 0.29) is 0 Å². The van der Waals surface area contributed by atoms with Gasteiger partial charge in [0.1, 0.15) is 6.04 Å². The monoisotopic (exact) mass is 377 g/mol. The predicted octanol–water partition coefficient (Wildman–Crippen LogP) is 3.77. The van der Waals surface area contributed by atoms with E-state index >= 15 is 0 Å². The normalized spacial score (nSPS) is 12.2. The summed E-state index contributed by atoms with van der Waals surface area (Å²) in [5.74, 6) is -0.425. The zero-order valence-corrected chi connectivity index (χ0v) is 15.6. The molecule has 5 nitrogen and oxygen atoms in total. The van der Waals surface area contributed by atoms with Crippen LogP contribution in [0.15, 0.2) is 66.2 Å². The van der Waals surface area contributed by atoms with E-state index in [1.807, 2.05) is 34.2 Å². The molecule has 2 aromatic heterocycles. The van der Waals surface area contributed by atoms with Gasteiger partial charge in [0.15, 0.2) is 4.96 Å². The van der Waals surface area contributed by atoms with Gasteiger partial charge in [-0.15, -0.1) is 11.3 Å². The standard InChI is InChI=1S/C21H19N3O2S/c1-26-20(25)17(22)13-18-19(23-21-24(18)11-12-27-21)16-9-7-15(8-10-16)14-5-3-2-4-6-14/h2-12,17H,13,22H2,1H3. The fourth-order valence-electron chi connectivity index (χ4n) is 3.15. The van der Waals surface area contributed by atoms with Crippen molar-refractivity contribution < 1.29 is 9.53 Å². The van der Waals surface area contributed by atoms with E-state index in [0.29, 0.717) is 6.42 Å². The topological polar surface area (TPSA) is 69.6 Å².